The molecule has 0 radical (unpaired) electrons. The Morgan fingerprint density at radius 1 is 1.15 bits per heavy atom. The Morgan fingerprint density at radius 3 is 2.70 bits per heavy atom. The van der Waals surface area contributed by atoms with Gasteiger partial charge in [0.25, 0.3) is 0 Å². The lowest BCUT2D eigenvalue weighted by Gasteiger charge is -2.33. The second-order valence-corrected chi connectivity index (χ2v) is 6.91. The van der Waals surface area contributed by atoms with Crippen LogP contribution in [0.3, 0.4) is 0 Å². The van der Waals surface area contributed by atoms with Crippen molar-refractivity contribution in [2.24, 2.45) is 0 Å². The topological polar surface area (TPSA) is 70.5 Å². The van der Waals surface area contributed by atoms with Gasteiger partial charge in [-0.3, -0.25) is 0 Å². The summed E-state index contributed by atoms with van der Waals surface area (Å²) in [7, 11) is 3.72. The van der Waals surface area contributed by atoms with Crippen molar-refractivity contribution in [2.75, 3.05) is 32.1 Å². The molecule has 0 amide bonds. The molecule has 0 aliphatic carbocycles. The van der Waals surface area contributed by atoms with Gasteiger partial charge in [0.2, 0.25) is 0 Å². The molecule has 27 heavy (non-hydrogen) atoms. The zero-order chi connectivity index (χ0) is 18.8. The third-order valence-electron chi connectivity index (χ3n) is 5.27. The van der Waals surface area contributed by atoms with Gasteiger partial charge in [-0.05, 0) is 56.3 Å². The summed E-state index contributed by atoms with van der Waals surface area (Å²) in [5, 5.41) is 14.9. The van der Waals surface area contributed by atoms with Crippen molar-refractivity contribution in [1.82, 2.24) is 15.3 Å². The average Bonchev–Trinajstić information content (AvgIpc) is 2.73. The normalized spacial score (nSPS) is 15.0. The first-order chi connectivity index (χ1) is 13.2. The van der Waals surface area contributed by atoms with Gasteiger partial charge in [0.05, 0.1) is 18.2 Å². The van der Waals surface area contributed by atoms with Gasteiger partial charge in [0, 0.05) is 36.4 Å². The molecule has 1 fully saturated rings. The number of phenols is 1. The van der Waals surface area contributed by atoms with Crippen LogP contribution in [0.15, 0.2) is 42.6 Å². The van der Waals surface area contributed by atoms with E-state index in [0.29, 0.717) is 17.4 Å². The Morgan fingerprint density at radius 2 is 1.96 bits per heavy atom. The van der Waals surface area contributed by atoms with Gasteiger partial charge < -0.3 is 20.1 Å². The van der Waals surface area contributed by atoms with Crippen molar-refractivity contribution in [3.8, 4) is 22.9 Å². The largest absolute Gasteiger partial charge is 0.507 e. The number of ether oxygens (including phenoxy) is 1. The van der Waals surface area contributed by atoms with Crippen LogP contribution in [0.4, 0.5) is 5.69 Å². The maximum atomic E-state index is 10.6. The number of rotatable bonds is 4. The number of hydrogen-bond donors (Lipinski definition) is 2. The van der Waals surface area contributed by atoms with Crippen LogP contribution in [0.2, 0.25) is 0 Å². The maximum Gasteiger partial charge on any atom is 0.163 e. The number of fused-ring (bicyclic) bond motifs is 1. The minimum Gasteiger partial charge on any atom is -0.507 e. The number of hydrogen-bond acceptors (Lipinski definition) is 6. The Balaban J connectivity index is 1.63. The van der Waals surface area contributed by atoms with Crippen molar-refractivity contribution in [1.29, 1.82) is 0 Å². The zero-order valence-electron chi connectivity index (χ0n) is 15.6. The molecule has 1 aliphatic heterocycles. The Kier molecular flexibility index (Phi) is 4.81. The van der Waals surface area contributed by atoms with Crippen LogP contribution in [0.5, 0.6) is 11.5 Å². The van der Waals surface area contributed by atoms with E-state index in [-0.39, 0.29) is 5.75 Å². The first kappa shape index (κ1) is 17.5. The molecule has 1 aromatic heterocycles. The fraction of sp³-hybridized carbons (Fsp3) is 0.333. The Bertz CT molecular complexity index is 954. The molecule has 0 spiro atoms. The average molecular weight is 364 g/mol. The molecule has 1 aliphatic rings. The number of nitrogens with one attached hydrogen (secondary N) is 1. The van der Waals surface area contributed by atoms with E-state index in [2.05, 4.69) is 27.2 Å². The van der Waals surface area contributed by atoms with E-state index in [4.69, 9.17) is 4.74 Å². The van der Waals surface area contributed by atoms with E-state index >= 15 is 0 Å². The summed E-state index contributed by atoms with van der Waals surface area (Å²) in [5.74, 6) is 1.48. The molecule has 0 saturated carbocycles. The predicted octanol–water partition coefficient (Wildman–Crippen LogP) is 3.20. The zero-order valence-corrected chi connectivity index (χ0v) is 15.6. The second-order valence-electron chi connectivity index (χ2n) is 6.91. The van der Waals surface area contributed by atoms with E-state index in [1.165, 1.54) is 0 Å². The summed E-state index contributed by atoms with van der Waals surface area (Å²) < 4.78 is 5.24. The predicted molar refractivity (Wildman–Crippen MR) is 107 cm³/mol. The number of aromatic nitrogens is 2. The van der Waals surface area contributed by atoms with Crippen LogP contribution in [0, 0.1) is 0 Å². The molecular weight excluding hydrogens is 340 g/mol. The van der Waals surface area contributed by atoms with Gasteiger partial charge in [0.1, 0.15) is 11.5 Å². The highest BCUT2D eigenvalue weighted by Crippen LogP contribution is 2.33. The number of anilines is 1. The fourth-order valence-electron chi connectivity index (χ4n) is 3.60. The molecule has 2 aromatic carbocycles. The molecule has 2 heterocycles. The number of phenolic OH excluding ortho intramolecular Hbond substituents is 1. The van der Waals surface area contributed by atoms with E-state index < -0.39 is 0 Å². The molecule has 2 N–H and O–H groups in total. The molecule has 0 unspecified atom stereocenters. The Labute approximate surface area is 158 Å². The van der Waals surface area contributed by atoms with Gasteiger partial charge in [-0.25, -0.2) is 9.97 Å². The second kappa shape index (κ2) is 7.40. The van der Waals surface area contributed by atoms with Gasteiger partial charge >= 0.3 is 0 Å². The summed E-state index contributed by atoms with van der Waals surface area (Å²) >= 11 is 0. The quantitative estimate of drug-likeness (QED) is 0.741. The van der Waals surface area contributed by atoms with Crippen LogP contribution >= 0.6 is 0 Å². The minimum absolute atomic E-state index is 0.196. The van der Waals surface area contributed by atoms with Crippen LogP contribution < -0.4 is 15.0 Å². The highest BCUT2D eigenvalue weighted by Gasteiger charge is 2.19. The molecular formula is C21H24N4O2. The first-order valence-corrected chi connectivity index (χ1v) is 9.23. The number of aromatic hydroxyl groups is 1. The fourth-order valence-corrected chi connectivity index (χ4v) is 3.60. The van der Waals surface area contributed by atoms with Crippen LogP contribution in [-0.2, 0) is 0 Å². The molecule has 1 saturated heterocycles. The lowest BCUT2D eigenvalue weighted by molar-refractivity contribution is 0.415. The van der Waals surface area contributed by atoms with Crippen LogP contribution in [0.1, 0.15) is 12.8 Å². The summed E-state index contributed by atoms with van der Waals surface area (Å²) in [5.41, 5.74) is 2.46. The van der Waals surface area contributed by atoms with Gasteiger partial charge in [-0.2, -0.15) is 0 Å². The summed E-state index contributed by atoms with van der Waals surface area (Å²) in [6.45, 7) is 2.07. The summed E-state index contributed by atoms with van der Waals surface area (Å²) in [4.78, 5) is 11.3. The van der Waals surface area contributed by atoms with Crippen molar-refractivity contribution in [3.63, 3.8) is 0 Å². The number of piperidine rings is 1. The molecule has 6 heteroatoms. The third-order valence-corrected chi connectivity index (χ3v) is 5.27. The molecule has 140 valence electrons. The highest BCUT2D eigenvalue weighted by molar-refractivity contribution is 5.82. The highest BCUT2D eigenvalue weighted by atomic mass is 16.5. The van der Waals surface area contributed by atoms with Crippen molar-refractivity contribution in [2.45, 2.75) is 18.9 Å². The van der Waals surface area contributed by atoms with Crippen LogP contribution in [0.25, 0.3) is 22.3 Å². The van der Waals surface area contributed by atoms with Gasteiger partial charge in [0.15, 0.2) is 5.82 Å². The molecule has 0 atom stereocenters. The SMILES string of the molecule is COc1ccc2nc(-c3ccc(N(C)C4CCNCC4)cc3O)ncc2c1. The van der Waals surface area contributed by atoms with E-state index in [1.807, 2.05) is 30.3 Å². The van der Waals surface area contributed by atoms with Crippen molar-refractivity contribution >= 4 is 16.6 Å². The van der Waals surface area contributed by atoms with Gasteiger partial charge in [-0.1, -0.05) is 0 Å². The van der Waals surface area contributed by atoms with E-state index in [1.54, 1.807) is 19.4 Å². The van der Waals surface area contributed by atoms with Gasteiger partial charge in [-0.15, -0.1) is 0 Å². The van der Waals surface area contributed by atoms with Crippen molar-refractivity contribution < 1.29 is 9.84 Å². The number of nitrogens with zero attached hydrogens (tertiary/aromatic N) is 3. The number of benzene rings is 2. The van der Waals surface area contributed by atoms with E-state index in [9.17, 15) is 5.11 Å². The summed E-state index contributed by atoms with van der Waals surface area (Å²) in [6.07, 6.45) is 3.97. The number of methoxy groups -OCH3 is 1. The molecule has 3 aromatic rings. The first-order valence-electron chi connectivity index (χ1n) is 9.23. The lowest BCUT2D eigenvalue weighted by Crippen LogP contribution is -2.41. The van der Waals surface area contributed by atoms with Crippen molar-refractivity contribution in [3.05, 3.63) is 42.6 Å². The monoisotopic (exact) mass is 364 g/mol. The maximum absolute atomic E-state index is 10.6. The Hall–Kier alpha value is -2.86. The summed E-state index contributed by atoms with van der Waals surface area (Å²) in [6, 6.07) is 11.9. The van der Waals surface area contributed by atoms with Crippen LogP contribution in [-0.4, -0.2) is 48.4 Å². The molecule has 0 bridgehead atoms. The standard InChI is InChI=1S/C21H24N4O2/c1-25(15-7-9-22-10-8-15)16-3-5-18(20(26)12-16)21-23-13-14-11-17(27-2)4-6-19(14)24-21/h3-6,11-13,15,22,26H,7-10H2,1-2H3. The third kappa shape index (κ3) is 3.53. The van der Waals surface area contributed by atoms with E-state index in [0.717, 1.165) is 48.3 Å². The lowest BCUT2D eigenvalue weighted by atomic mass is 10.0. The molecule has 4 rings (SSSR count). The molecule has 6 nitrogen and oxygen atoms in total. The minimum atomic E-state index is 0.196. The smallest absolute Gasteiger partial charge is 0.163 e.